The lowest BCUT2D eigenvalue weighted by Gasteiger charge is -2.18. The van der Waals surface area contributed by atoms with Crippen LogP contribution >= 0.6 is 0 Å². The van der Waals surface area contributed by atoms with Crippen molar-refractivity contribution in [2.45, 2.75) is 19.3 Å². The fourth-order valence-corrected chi connectivity index (χ4v) is 2.48. The SMILES string of the molecule is CC1(C)C=Cc2cc(NC(=O)Nc3cccnc3)ccc21. The number of carbonyl (C=O) groups excluding carboxylic acids is 1. The lowest BCUT2D eigenvalue weighted by atomic mass is 9.87. The maximum atomic E-state index is 11.9. The van der Waals surface area contributed by atoms with Crippen LogP contribution in [0.2, 0.25) is 0 Å². The molecule has 2 amide bonds. The number of aromatic nitrogens is 1. The van der Waals surface area contributed by atoms with Gasteiger partial charge in [-0.3, -0.25) is 4.98 Å². The van der Waals surface area contributed by atoms with Gasteiger partial charge in [-0.15, -0.1) is 0 Å². The van der Waals surface area contributed by atoms with Gasteiger partial charge in [0.1, 0.15) is 0 Å². The minimum absolute atomic E-state index is 0.0613. The van der Waals surface area contributed by atoms with Crippen LogP contribution in [0.5, 0.6) is 0 Å². The normalized spacial score (nSPS) is 14.6. The summed E-state index contributed by atoms with van der Waals surface area (Å²) in [5, 5.41) is 5.58. The zero-order valence-electron chi connectivity index (χ0n) is 12.1. The van der Waals surface area contributed by atoms with E-state index < -0.39 is 0 Å². The molecule has 21 heavy (non-hydrogen) atoms. The summed E-state index contributed by atoms with van der Waals surface area (Å²) < 4.78 is 0. The molecule has 0 spiro atoms. The van der Waals surface area contributed by atoms with Crippen molar-refractivity contribution in [1.82, 2.24) is 4.98 Å². The van der Waals surface area contributed by atoms with Crippen LogP contribution in [0.25, 0.3) is 6.08 Å². The van der Waals surface area contributed by atoms with E-state index in [0.717, 1.165) is 11.3 Å². The number of pyridine rings is 1. The summed E-state index contributed by atoms with van der Waals surface area (Å²) in [7, 11) is 0. The van der Waals surface area contributed by atoms with Crippen molar-refractivity contribution in [3.8, 4) is 0 Å². The molecular weight excluding hydrogens is 262 g/mol. The number of rotatable bonds is 2. The fraction of sp³-hybridized carbons (Fsp3) is 0.176. The molecule has 2 aromatic rings. The van der Waals surface area contributed by atoms with E-state index in [1.807, 2.05) is 12.1 Å². The Morgan fingerprint density at radius 1 is 1.14 bits per heavy atom. The van der Waals surface area contributed by atoms with Gasteiger partial charge in [0.2, 0.25) is 0 Å². The molecular formula is C17H17N3O. The van der Waals surface area contributed by atoms with E-state index in [1.165, 1.54) is 5.56 Å². The van der Waals surface area contributed by atoms with Gasteiger partial charge in [0.15, 0.2) is 0 Å². The first kappa shape index (κ1) is 13.4. The monoisotopic (exact) mass is 279 g/mol. The van der Waals surface area contributed by atoms with Crippen molar-refractivity contribution < 1.29 is 4.79 Å². The summed E-state index contributed by atoms with van der Waals surface area (Å²) in [6.07, 6.45) is 7.54. The first-order valence-electron chi connectivity index (χ1n) is 6.86. The highest BCUT2D eigenvalue weighted by molar-refractivity contribution is 5.99. The molecule has 1 aliphatic carbocycles. The van der Waals surface area contributed by atoms with Crippen LogP contribution in [0, 0.1) is 0 Å². The molecule has 0 radical (unpaired) electrons. The van der Waals surface area contributed by atoms with E-state index in [-0.39, 0.29) is 11.4 Å². The molecule has 2 N–H and O–H groups in total. The van der Waals surface area contributed by atoms with Crippen LogP contribution in [-0.4, -0.2) is 11.0 Å². The second-order valence-electron chi connectivity index (χ2n) is 5.68. The Labute approximate surface area is 123 Å². The van der Waals surface area contributed by atoms with E-state index >= 15 is 0 Å². The Morgan fingerprint density at radius 3 is 2.71 bits per heavy atom. The predicted molar refractivity (Wildman–Crippen MR) is 85.4 cm³/mol. The molecule has 1 aliphatic rings. The highest BCUT2D eigenvalue weighted by Crippen LogP contribution is 2.36. The van der Waals surface area contributed by atoms with Gasteiger partial charge in [0.25, 0.3) is 0 Å². The summed E-state index contributed by atoms with van der Waals surface area (Å²) in [5.41, 5.74) is 3.93. The average Bonchev–Trinajstić information content (AvgIpc) is 2.75. The molecule has 0 atom stereocenters. The molecule has 0 bridgehead atoms. The molecule has 1 heterocycles. The summed E-state index contributed by atoms with van der Waals surface area (Å²) in [4.78, 5) is 15.9. The number of amides is 2. The highest BCUT2D eigenvalue weighted by atomic mass is 16.2. The molecule has 0 fully saturated rings. The number of anilines is 2. The highest BCUT2D eigenvalue weighted by Gasteiger charge is 2.24. The third-order valence-corrected chi connectivity index (χ3v) is 3.60. The Kier molecular flexibility index (Phi) is 3.22. The number of hydrogen-bond acceptors (Lipinski definition) is 2. The van der Waals surface area contributed by atoms with Gasteiger partial charge in [-0.1, -0.05) is 32.1 Å². The third-order valence-electron chi connectivity index (χ3n) is 3.60. The number of nitrogens with one attached hydrogen (secondary N) is 2. The third kappa shape index (κ3) is 2.79. The van der Waals surface area contributed by atoms with E-state index in [1.54, 1.807) is 24.5 Å². The Morgan fingerprint density at radius 2 is 1.95 bits per heavy atom. The number of urea groups is 1. The average molecular weight is 279 g/mol. The van der Waals surface area contributed by atoms with E-state index in [0.29, 0.717) is 5.69 Å². The standard InChI is InChI=1S/C17H17N3O/c1-17(2)8-7-12-10-13(5-6-15(12)17)19-16(21)20-14-4-3-9-18-11-14/h3-11H,1-2H3,(H2,19,20,21). The lowest BCUT2D eigenvalue weighted by molar-refractivity contribution is 0.262. The van der Waals surface area contributed by atoms with Gasteiger partial charge in [-0.05, 0) is 35.4 Å². The van der Waals surface area contributed by atoms with Crippen LogP contribution in [0.4, 0.5) is 16.2 Å². The number of carbonyl (C=O) groups is 1. The molecule has 0 saturated carbocycles. The van der Waals surface area contributed by atoms with Crippen LogP contribution in [-0.2, 0) is 5.41 Å². The number of fused-ring (bicyclic) bond motifs is 1. The quantitative estimate of drug-likeness (QED) is 0.872. The van der Waals surface area contributed by atoms with E-state index in [9.17, 15) is 4.79 Å². The van der Waals surface area contributed by atoms with Crippen molar-refractivity contribution >= 4 is 23.5 Å². The molecule has 0 saturated heterocycles. The zero-order chi connectivity index (χ0) is 14.9. The zero-order valence-corrected chi connectivity index (χ0v) is 12.1. The number of hydrogen-bond donors (Lipinski definition) is 2. The molecule has 0 aliphatic heterocycles. The first-order valence-corrected chi connectivity index (χ1v) is 6.86. The lowest BCUT2D eigenvalue weighted by Crippen LogP contribution is -2.19. The van der Waals surface area contributed by atoms with Crippen molar-refractivity contribution in [3.63, 3.8) is 0 Å². The topological polar surface area (TPSA) is 54.0 Å². The predicted octanol–water partition coefficient (Wildman–Crippen LogP) is 4.03. The van der Waals surface area contributed by atoms with Gasteiger partial charge in [-0.2, -0.15) is 0 Å². The van der Waals surface area contributed by atoms with Crippen LogP contribution in [0.1, 0.15) is 25.0 Å². The molecule has 1 aromatic carbocycles. The second kappa shape index (κ2) is 5.05. The summed E-state index contributed by atoms with van der Waals surface area (Å²) in [6, 6.07) is 9.27. The molecule has 4 heteroatoms. The maximum Gasteiger partial charge on any atom is 0.323 e. The fourth-order valence-electron chi connectivity index (χ4n) is 2.48. The van der Waals surface area contributed by atoms with E-state index in [4.69, 9.17) is 0 Å². The van der Waals surface area contributed by atoms with Crippen molar-refractivity contribution in [1.29, 1.82) is 0 Å². The Hall–Kier alpha value is -2.62. The van der Waals surface area contributed by atoms with Gasteiger partial charge >= 0.3 is 6.03 Å². The number of benzene rings is 1. The molecule has 106 valence electrons. The second-order valence-corrected chi connectivity index (χ2v) is 5.68. The smallest absolute Gasteiger partial charge is 0.308 e. The van der Waals surface area contributed by atoms with Gasteiger partial charge < -0.3 is 10.6 Å². The Balaban J connectivity index is 1.72. The largest absolute Gasteiger partial charge is 0.323 e. The van der Waals surface area contributed by atoms with Crippen LogP contribution in [0.3, 0.4) is 0 Å². The minimum Gasteiger partial charge on any atom is -0.308 e. The minimum atomic E-state index is -0.274. The molecule has 1 aromatic heterocycles. The molecule has 0 unspecified atom stereocenters. The van der Waals surface area contributed by atoms with Gasteiger partial charge in [0, 0.05) is 17.3 Å². The van der Waals surface area contributed by atoms with Crippen molar-refractivity contribution in [2.75, 3.05) is 10.6 Å². The molecule has 4 nitrogen and oxygen atoms in total. The van der Waals surface area contributed by atoms with Crippen LogP contribution in [0.15, 0.2) is 48.8 Å². The van der Waals surface area contributed by atoms with Crippen molar-refractivity contribution in [2.24, 2.45) is 0 Å². The summed E-state index contributed by atoms with van der Waals surface area (Å²) >= 11 is 0. The first-order chi connectivity index (χ1) is 10.0. The maximum absolute atomic E-state index is 11.9. The number of allylic oxidation sites excluding steroid dienone is 1. The number of nitrogens with zero attached hydrogens (tertiary/aromatic N) is 1. The summed E-state index contributed by atoms with van der Waals surface area (Å²) in [6.45, 7) is 4.36. The Bertz CT molecular complexity index is 705. The van der Waals surface area contributed by atoms with Gasteiger partial charge in [-0.25, -0.2) is 4.79 Å². The summed E-state index contributed by atoms with van der Waals surface area (Å²) in [5.74, 6) is 0. The van der Waals surface area contributed by atoms with E-state index in [2.05, 4.69) is 47.7 Å². The van der Waals surface area contributed by atoms with Gasteiger partial charge in [0.05, 0.1) is 11.9 Å². The molecule has 3 rings (SSSR count). The van der Waals surface area contributed by atoms with Crippen LogP contribution < -0.4 is 10.6 Å². The van der Waals surface area contributed by atoms with Crippen molar-refractivity contribution in [3.05, 3.63) is 59.9 Å².